The first-order valence-corrected chi connectivity index (χ1v) is 8.52. The monoisotopic (exact) mass is 270 g/mol. The number of hydrogen-bond acceptors (Lipinski definition) is 0. The molecule has 2 aliphatic carbocycles. The van der Waals surface area contributed by atoms with Gasteiger partial charge >= 0.3 is 0 Å². The summed E-state index contributed by atoms with van der Waals surface area (Å²) in [5.41, 5.74) is 7.50. The third-order valence-electron chi connectivity index (χ3n) is 6.55. The molecule has 0 amide bonds. The third kappa shape index (κ3) is 1.87. The van der Waals surface area contributed by atoms with Gasteiger partial charge in [0.25, 0.3) is 0 Å². The van der Waals surface area contributed by atoms with Crippen molar-refractivity contribution in [3.63, 3.8) is 0 Å². The second-order valence-electron chi connectivity index (χ2n) is 8.09. The Morgan fingerprint density at radius 2 is 1.90 bits per heavy atom. The summed E-state index contributed by atoms with van der Waals surface area (Å²) < 4.78 is 0. The summed E-state index contributed by atoms with van der Waals surface area (Å²) in [7, 11) is 0. The van der Waals surface area contributed by atoms with E-state index < -0.39 is 0 Å². The number of aryl methyl sites for hydroxylation is 1. The lowest BCUT2D eigenvalue weighted by atomic mass is 9.50. The van der Waals surface area contributed by atoms with Crippen LogP contribution in [0.4, 0.5) is 0 Å². The summed E-state index contributed by atoms with van der Waals surface area (Å²) >= 11 is 0. The Labute approximate surface area is 125 Å². The van der Waals surface area contributed by atoms with Gasteiger partial charge in [-0.3, -0.25) is 0 Å². The van der Waals surface area contributed by atoms with Crippen LogP contribution in [0.15, 0.2) is 12.1 Å². The molecule has 20 heavy (non-hydrogen) atoms. The second-order valence-corrected chi connectivity index (χ2v) is 8.09. The van der Waals surface area contributed by atoms with Gasteiger partial charge < -0.3 is 0 Å². The molecule has 1 saturated carbocycles. The normalized spacial score (nSPS) is 31.6. The van der Waals surface area contributed by atoms with E-state index in [1.807, 2.05) is 0 Å². The van der Waals surface area contributed by atoms with Gasteiger partial charge in [0.15, 0.2) is 0 Å². The molecule has 3 rings (SSSR count). The summed E-state index contributed by atoms with van der Waals surface area (Å²) in [4.78, 5) is 0. The van der Waals surface area contributed by atoms with Gasteiger partial charge in [-0.05, 0) is 78.0 Å². The quantitative estimate of drug-likeness (QED) is 0.624. The van der Waals surface area contributed by atoms with Gasteiger partial charge in [-0.25, -0.2) is 0 Å². The van der Waals surface area contributed by atoms with E-state index in [0.29, 0.717) is 10.8 Å². The second kappa shape index (κ2) is 4.61. The molecule has 1 aromatic carbocycles. The van der Waals surface area contributed by atoms with Crippen molar-refractivity contribution in [3.8, 4) is 0 Å². The van der Waals surface area contributed by atoms with Crippen LogP contribution in [0.25, 0.3) is 0 Å². The van der Waals surface area contributed by atoms with E-state index in [1.165, 1.54) is 44.1 Å². The Morgan fingerprint density at radius 1 is 1.15 bits per heavy atom. The number of hydrogen-bond donors (Lipinski definition) is 0. The Kier molecular flexibility index (Phi) is 3.27. The maximum absolute atomic E-state index is 2.56. The highest BCUT2D eigenvalue weighted by atomic mass is 14.5. The molecular weight excluding hydrogens is 240 g/mol. The zero-order chi connectivity index (χ0) is 14.5. The van der Waals surface area contributed by atoms with Crippen LogP contribution in [-0.4, -0.2) is 0 Å². The first-order valence-electron chi connectivity index (χ1n) is 8.52. The lowest BCUT2D eigenvalue weighted by Gasteiger charge is -2.54. The summed E-state index contributed by atoms with van der Waals surface area (Å²) in [5.74, 6) is 0.865. The van der Waals surface area contributed by atoms with E-state index in [2.05, 4.69) is 46.8 Å². The largest absolute Gasteiger partial charge is 0.0613 e. The van der Waals surface area contributed by atoms with Crippen molar-refractivity contribution in [2.45, 2.75) is 78.6 Å². The van der Waals surface area contributed by atoms with Gasteiger partial charge in [0.2, 0.25) is 0 Å². The van der Waals surface area contributed by atoms with Crippen LogP contribution in [0, 0.1) is 18.3 Å². The molecule has 0 heteroatoms. The molecular formula is C20H30. The van der Waals surface area contributed by atoms with Crippen molar-refractivity contribution < 1.29 is 0 Å². The molecule has 0 bridgehead atoms. The molecule has 1 fully saturated rings. The lowest BCUT2D eigenvalue weighted by molar-refractivity contribution is 0.0405. The van der Waals surface area contributed by atoms with E-state index >= 15 is 0 Å². The molecule has 2 aliphatic rings. The molecule has 0 heterocycles. The highest BCUT2D eigenvalue weighted by molar-refractivity contribution is 5.47. The third-order valence-corrected chi connectivity index (χ3v) is 6.55. The highest BCUT2D eigenvalue weighted by Gasteiger charge is 2.49. The average molecular weight is 270 g/mol. The van der Waals surface area contributed by atoms with Crippen LogP contribution in [0.3, 0.4) is 0 Å². The van der Waals surface area contributed by atoms with E-state index in [9.17, 15) is 0 Å². The zero-order valence-corrected chi connectivity index (χ0v) is 14.0. The highest BCUT2D eigenvalue weighted by Crippen LogP contribution is 2.57. The molecule has 2 atom stereocenters. The van der Waals surface area contributed by atoms with Gasteiger partial charge in [-0.2, -0.15) is 0 Å². The fourth-order valence-electron chi connectivity index (χ4n) is 5.57. The van der Waals surface area contributed by atoms with Gasteiger partial charge in [-0.15, -0.1) is 0 Å². The Bertz CT molecular complexity index is 523. The molecule has 0 unspecified atom stereocenters. The van der Waals surface area contributed by atoms with Crippen LogP contribution in [0.1, 0.15) is 75.6 Å². The zero-order valence-electron chi connectivity index (χ0n) is 14.0. The summed E-state index contributed by atoms with van der Waals surface area (Å²) in [5, 5.41) is 0. The minimum atomic E-state index is 0.424. The van der Waals surface area contributed by atoms with Crippen LogP contribution in [0.5, 0.6) is 0 Å². The predicted molar refractivity (Wildman–Crippen MR) is 87.4 cm³/mol. The van der Waals surface area contributed by atoms with Gasteiger partial charge in [0.1, 0.15) is 0 Å². The molecule has 1 aromatic rings. The number of rotatable bonds is 1. The molecule has 0 spiro atoms. The van der Waals surface area contributed by atoms with Gasteiger partial charge in [-0.1, -0.05) is 46.2 Å². The van der Waals surface area contributed by atoms with Crippen molar-refractivity contribution in [2.75, 3.05) is 0 Å². The van der Waals surface area contributed by atoms with Gasteiger partial charge in [0.05, 0.1) is 0 Å². The van der Waals surface area contributed by atoms with E-state index in [1.54, 1.807) is 16.7 Å². The molecule has 0 N–H and O–H groups in total. The fourth-order valence-corrected chi connectivity index (χ4v) is 5.57. The van der Waals surface area contributed by atoms with Crippen LogP contribution in [-0.2, 0) is 18.3 Å². The fraction of sp³-hybridized carbons (Fsp3) is 0.700. The van der Waals surface area contributed by atoms with Crippen molar-refractivity contribution in [1.82, 2.24) is 0 Å². The molecule has 0 nitrogen and oxygen atoms in total. The predicted octanol–water partition coefficient (Wildman–Crippen LogP) is 5.59. The summed E-state index contributed by atoms with van der Waals surface area (Å²) in [6.45, 7) is 12.2. The molecule has 0 saturated heterocycles. The van der Waals surface area contributed by atoms with Crippen LogP contribution in [0.2, 0.25) is 0 Å². The first kappa shape index (κ1) is 14.2. The smallest absolute Gasteiger partial charge is 0.00390 e. The van der Waals surface area contributed by atoms with Gasteiger partial charge in [0, 0.05) is 0 Å². The Balaban J connectivity index is 2.16. The Hall–Kier alpha value is -0.780. The van der Waals surface area contributed by atoms with Crippen LogP contribution < -0.4 is 0 Å². The molecule has 0 aromatic heterocycles. The minimum Gasteiger partial charge on any atom is -0.0613 e. The van der Waals surface area contributed by atoms with E-state index in [4.69, 9.17) is 0 Å². The standard InChI is InChI=1S/C20H30/c1-6-15-14(2)8-10-17-16(15)9-11-18-19(3,4)12-7-13-20(17,18)5/h8,10,18H,6-7,9,11-13H2,1-5H3/t18-,20-/m1/s1. The topological polar surface area (TPSA) is 0 Å². The summed E-state index contributed by atoms with van der Waals surface area (Å²) in [6, 6.07) is 4.85. The first-order chi connectivity index (χ1) is 9.40. The van der Waals surface area contributed by atoms with Crippen molar-refractivity contribution in [2.24, 2.45) is 11.3 Å². The molecule has 0 radical (unpaired) electrons. The summed E-state index contributed by atoms with van der Waals surface area (Å²) in [6.07, 6.45) is 8.10. The van der Waals surface area contributed by atoms with Crippen molar-refractivity contribution in [3.05, 3.63) is 34.4 Å². The van der Waals surface area contributed by atoms with Crippen molar-refractivity contribution >= 4 is 0 Å². The van der Waals surface area contributed by atoms with E-state index in [-0.39, 0.29) is 0 Å². The van der Waals surface area contributed by atoms with E-state index in [0.717, 1.165) is 5.92 Å². The van der Waals surface area contributed by atoms with Crippen molar-refractivity contribution in [1.29, 1.82) is 0 Å². The number of benzene rings is 1. The number of fused-ring (bicyclic) bond motifs is 3. The lowest BCUT2D eigenvalue weighted by Crippen LogP contribution is -2.48. The Morgan fingerprint density at radius 3 is 2.60 bits per heavy atom. The minimum absolute atomic E-state index is 0.424. The van der Waals surface area contributed by atoms with Crippen LogP contribution >= 0.6 is 0 Å². The molecule has 110 valence electrons. The SMILES string of the molecule is CCc1c(C)ccc2c1CC[C@@H]1C(C)(C)CCC[C@]21C. The maximum Gasteiger partial charge on any atom is -0.00390 e. The molecule has 0 aliphatic heterocycles. The maximum atomic E-state index is 2.56. The average Bonchev–Trinajstić information content (AvgIpc) is 2.37.